The number of amides is 4. The molecule has 0 radical (unpaired) electrons. The van der Waals surface area contributed by atoms with Crippen molar-refractivity contribution in [3.8, 4) is 0 Å². The van der Waals surface area contributed by atoms with Crippen molar-refractivity contribution in [1.82, 2.24) is 20.9 Å². The molecule has 2 rings (SSSR count). The monoisotopic (exact) mass is 607 g/mol. The predicted molar refractivity (Wildman–Crippen MR) is 144 cm³/mol. The van der Waals surface area contributed by atoms with E-state index in [4.69, 9.17) is 10.5 Å². The summed E-state index contributed by atoms with van der Waals surface area (Å²) in [7, 11) is 0. The van der Waals surface area contributed by atoms with Crippen LogP contribution in [0.4, 0.5) is 18.0 Å². The largest absolute Gasteiger partial charge is 0.464 e. The summed E-state index contributed by atoms with van der Waals surface area (Å²) < 4.78 is 43.7. The molecule has 2 aliphatic rings. The lowest BCUT2D eigenvalue weighted by Gasteiger charge is -2.41. The Kier molecular flexibility index (Phi) is 12.2. The molecule has 1 aliphatic carbocycles. The smallest absolute Gasteiger partial charge is 0.389 e. The molecular weight excluding hydrogens is 563 g/mol. The molecule has 2 fully saturated rings. The molecule has 240 valence electrons. The van der Waals surface area contributed by atoms with E-state index in [2.05, 4.69) is 16.0 Å². The van der Waals surface area contributed by atoms with E-state index in [1.807, 2.05) is 13.8 Å². The van der Waals surface area contributed by atoms with Gasteiger partial charge >= 0.3 is 18.2 Å². The quantitative estimate of drug-likeness (QED) is 0.144. The molecule has 0 aromatic carbocycles. The van der Waals surface area contributed by atoms with Gasteiger partial charge in [0.2, 0.25) is 11.7 Å². The molecule has 0 aromatic rings. The number of esters is 1. The van der Waals surface area contributed by atoms with Crippen molar-refractivity contribution in [2.24, 2.45) is 28.9 Å². The minimum absolute atomic E-state index is 0.107. The summed E-state index contributed by atoms with van der Waals surface area (Å²) in [6.45, 7) is 9.02. The van der Waals surface area contributed by atoms with Crippen LogP contribution in [0.2, 0.25) is 0 Å². The van der Waals surface area contributed by atoms with Gasteiger partial charge in [-0.1, -0.05) is 34.6 Å². The first-order valence-corrected chi connectivity index (χ1v) is 14.2. The lowest BCUT2D eigenvalue weighted by molar-refractivity contribution is -0.146. The summed E-state index contributed by atoms with van der Waals surface area (Å²) in [5.41, 5.74) is 4.25. The zero-order valence-electron chi connectivity index (χ0n) is 24.8. The van der Waals surface area contributed by atoms with Gasteiger partial charge in [0.1, 0.15) is 12.8 Å². The number of rotatable bonds is 14. The molecule has 6 N–H and O–H groups in total. The first kappa shape index (κ1) is 35.3. The van der Waals surface area contributed by atoms with E-state index in [0.717, 1.165) is 12.8 Å². The van der Waals surface area contributed by atoms with Gasteiger partial charge in [0.15, 0.2) is 0 Å². The number of Topliss-reactive ketones (excluding diaryl/α,β-unsaturated/α-hetero) is 1. The molecule has 15 heteroatoms. The summed E-state index contributed by atoms with van der Waals surface area (Å²) in [6, 6.07) is -4.63. The van der Waals surface area contributed by atoms with E-state index >= 15 is 0 Å². The number of likely N-dealkylation sites (tertiary alicyclic amines) is 1. The van der Waals surface area contributed by atoms with Crippen molar-refractivity contribution in [2.45, 2.75) is 97.3 Å². The van der Waals surface area contributed by atoms with Gasteiger partial charge in [-0.15, -0.1) is 0 Å². The minimum atomic E-state index is -4.64. The molecular formula is C27H44F3N5O7. The number of ketones is 1. The van der Waals surface area contributed by atoms with Crippen LogP contribution in [0, 0.1) is 23.2 Å². The summed E-state index contributed by atoms with van der Waals surface area (Å²) in [5.74, 6) is -4.41. The van der Waals surface area contributed by atoms with Crippen molar-refractivity contribution >= 4 is 29.6 Å². The SMILES string of the molecule is CC(C)[C@H]1CCN(C(O)[C@@H](NC(=O)NCC(=O)OCC2CC2)C(C)(C)C)[C@@H]1C(=O)NC(CCC(F)(F)F)C(=O)C(N)=O. The number of nitrogens with one attached hydrogen (secondary N) is 3. The standard InChI is InChI=1S/C27H44F3N5O7/c1-14(2)16-9-11-35(19(16)23(39)33-17(20(37)22(31)38)8-10-27(28,29)30)24(40)21(26(3,4)5)34-25(41)32-12-18(36)42-13-15-6-7-15/h14-17,19,21,24,40H,6-13H2,1-5H3,(H2,31,38)(H,33,39)(H2,32,34,41)/t16-,17?,19+,21-,24?/m1/s1. The fourth-order valence-corrected chi connectivity index (χ4v) is 5.01. The highest BCUT2D eigenvalue weighted by atomic mass is 19.4. The lowest BCUT2D eigenvalue weighted by atomic mass is 9.84. The summed E-state index contributed by atoms with van der Waals surface area (Å²) >= 11 is 0. The van der Waals surface area contributed by atoms with E-state index < -0.39 is 78.4 Å². The number of halogens is 3. The van der Waals surface area contributed by atoms with Gasteiger partial charge in [-0.2, -0.15) is 13.2 Å². The van der Waals surface area contributed by atoms with Crippen LogP contribution in [0.25, 0.3) is 0 Å². The molecule has 1 heterocycles. The molecule has 4 amide bonds. The van der Waals surface area contributed by atoms with Crippen LogP contribution in [-0.4, -0.2) is 89.8 Å². The van der Waals surface area contributed by atoms with Gasteiger partial charge in [-0.25, -0.2) is 4.79 Å². The molecule has 2 unspecified atom stereocenters. The Morgan fingerprint density at radius 3 is 2.17 bits per heavy atom. The van der Waals surface area contributed by atoms with E-state index in [1.165, 1.54) is 4.90 Å². The molecule has 5 atom stereocenters. The minimum Gasteiger partial charge on any atom is -0.464 e. The number of aliphatic hydroxyl groups is 1. The molecule has 0 aromatic heterocycles. The second-order valence-corrected chi connectivity index (χ2v) is 12.5. The summed E-state index contributed by atoms with van der Waals surface area (Å²) in [6.07, 6.45) is -5.98. The van der Waals surface area contributed by atoms with Gasteiger partial charge in [0.25, 0.3) is 5.91 Å². The first-order valence-electron chi connectivity index (χ1n) is 14.2. The molecule has 1 saturated carbocycles. The van der Waals surface area contributed by atoms with Gasteiger partial charge in [0.05, 0.1) is 24.7 Å². The van der Waals surface area contributed by atoms with Crippen molar-refractivity contribution in [3.05, 3.63) is 0 Å². The number of nitrogens with zero attached hydrogens (tertiary/aromatic N) is 1. The predicted octanol–water partition coefficient (Wildman–Crippen LogP) is 1.20. The van der Waals surface area contributed by atoms with E-state index in [9.17, 15) is 42.3 Å². The fraction of sp³-hybridized carbons (Fsp3) is 0.815. The number of carbonyl (C=O) groups excluding carboxylic acids is 5. The maximum Gasteiger partial charge on any atom is 0.389 e. The Bertz CT molecular complexity index is 998. The van der Waals surface area contributed by atoms with Gasteiger partial charge in [-0.3, -0.25) is 24.1 Å². The summed E-state index contributed by atoms with van der Waals surface area (Å²) in [5, 5.41) is 18.8. The fourth-order valence-electron chi connectivity index (χ4n) is 5.01. The van der Waals surface area contributed by atoms with Gasteiger partial charge in [-0.05, 0) is 48.9 Å². The zero-order chi connectivity index (χ0) is 32.0. The molecule has 1 saturated heterocycles. The molecule has 0 bridgehead atoms. The number of hydrogen-bond donors (Lipinski definition) is 5. The summed E-state index contributed by atoms with van der Waals surface area (Å²) in [4.78, 5) is 63.3. The van der Waals surface area contributed by atoms with E-state index in [-0.39, 0.29) is 24.9 Å². The van der Waals surface area contributed by atoms with Crippen LogP contribution < -0.4 is 21.7 Å². The third-order valence-electron chi connectivity index (χ3n) is 7.63. The number of nitrogens with two attached hydrogens (primary N) is 1. The molecule has 12 nitrogen and oxygen atoms in total. The zero-order valence-corrected chi connectivity index (χ0v) is 24.8. The van der Waals surface area contributed by atoms with Crippen molar-refractivity contribution < 1.29 is 47.0 Å². The van der Waals surface area contributed by atoms with Crippen LogP contribution in [0.3, 0.4) is 0 Å². The van der Waals surface area contributed by atoms with Gasteiger partial charge in [0, 0.05) is 13.0 Å². The van der Waals surface area contributed by atoms with Crippen LogP contribution in [0.5, 0.6) is 0 Å². The lowest BCUT2D eigenvalue weighted by Crippen LogP contribution is -2.63. The normalized spacial score (nSPS) is 21.8. The van der Waals surface area contributed by atoms with Gasteiger partial charge < -0.3 is 31.5 Å². The van der Waals surface area contributed by atoms with Crippen LogP contribution in [0.15, 0.2) is 0 Å². The average molecular weight is 608 g/mol. The van der Waals surface area contributed by atoms with Crippen LogP contribution >= 0.6 is 0 Å². The number of alkyl halides is 3. The number of ether oxygens (including phenoxy) is 1. The Balaban J connectivity index is 2.20. The third kappa shape index (κ3) is 10.7. The number of urea groups is 1. The maximum absolute atomic E-state index is 13.5. The Morgan fingerprint density at radius 1 is 1.05 bits per heavy atom. The third-order valence-corrected chi connectivity index (χ3v) is 7.63. The van der Waals surface area contributed by atoms with Crippen molar-refractivity contribution in [3.63, 3.8) is 0 Å². The maximum atomic E-state index is 13.5. The van der Waals surface area contributed by atoms with E-state index in [0.29, 0.717) is 18.9 Å². The van der Waals surface area contributed by atoms with E-state index in [1.54, 1.807) is 20.8 Å². The second-order valence-electron chi connectivity index (χ2n) is 12.5. The number of carbonyl (C=O) groups is 5. The molecule has 0 spiro atoms. The second kappa shape index (κ2) is 14.5. The highest BCUT2D eigenvalue weighted by Gasteiger charge is 2.48. The van der Waals surface area contributed by atoms with Crippen molar-refractivity contribution in [2.75, 3.05) is 19.7 Å². The first-order chi connectivity index (χ1) is 19.3. The number of hydrogen-bond acceptors (Lipinski definition) is 8. The molecule has 1 aliphatic heterocycles. The number of primary amides is 1. The highest BCUT2D eigenvalue weighted by molar-refractivity contribution is 6.37. The van der Waals surface area contributed by atoms with Crippen LogP contribution in [-0.2, 0) is 23.9 Å². The average Bonchev–Trinajstić information content (AvgIpc) is 3.59. The highest BCUT2D eigenvalue weighted by Crippen LogP contribution is 2.35. The van der Waals surface area contributed by atoms with Crippen LogP contribution in [0.1, 0.15) is 66.7 Å². The topological polar surface area (TPSA) is 180 Å². The van der Waals surface area contributed by atoms with Crippen molar-refractivity contribution in [1.29, 1.82) is 0 Å². The Morgan fingerprint density at radius 2 is 1.67 bits per heavy atom. The Labute approximate surface area is 243 Å². The number of aliphatic hydroxyl groups excluding tert-OH is 1. The Hall–Kier alpha value is -2.94. The molecule has 42 heavy (non-hydrogen) atoms.